The van der Waals surface area contributed by atoms with Gasteiger partial charge in [0.1, 0.15) is 15.8 Å². The monoisotopic (exact) mass is 558 g/mol. The Morgan fingerprint density at radius 1 is 1.18 bits per heavy atom. The summed E-state index contributed by atoms with van der Waals surface area (Å²) >= 11 is 0. The molecule has 4 aromatic rings. The Balaban J connectivity index is 1.68. The van der Waals surface area contributed by atoms with E-state index in [1.807, 2.05) is 0 Å². The van der Waals surface area contributed by atoms with Crippen LogP contribution in [0.25, 0.3) is 34.1 Å². The quantitative estimate of drug-likeness (QED) is 0.198. The molecule has 0 atom stereocenters. The summed E-state index contributed by atoms with van der Waals surface area (Å²) in [7, 11) is -2.70. The lowest BCUT2D eigenvalue weighted by Gasteiger charge is -2.13. The molecule has 0 spiro atoms. The van der Waals surface area contributed by atoms with E-state index in [2.05, 4.69) is 20.1 Å². The lowest BCUT2D eigenvalue weighted by Crippen LogP contribution is -2.32. The first-order chi connectivity index (χ1) is 17.6. The zero-order valence-electron chi connectivity index (χ0n) is 20.0. The number of pyridine rings is 2. The highest BCUT2D eigenvalue weighted by atomic mass is 32.2. The largest absolute Gasteiger partial charge is 0.618 e. The van der Waals surface area contributed by atoms with Gasteiger partial charge in [0.2, 0.25) is 17.5 Å². The summed E-state index contributed by atoms with van der Waals surface area (Å²) in [6, 6.07) is 2.13. The Labute approximate surface area is 211 Å². The van der Waals surface area contributed by atoms with Crippen LogP contribution < -0.4 is 4.73 Å². The summed E-state index contributed by atoms with van der Waals surface area (Å²) in [5, 5.41) is 16.8. The number of halogens is 5. The smallest absolute Gasteiger partial charge is 0.403 e. The molecule has 0 N–H and O–H groups in total. The normalized spacial score (nSPS) is 15.8. The first kappa shape index (κ1) is 25.9. The second kappa shape index (κ2) is 8.15. The molecule has 202 valence electrons. The van der Waals surface area contributed by atoms with Crippen LogP contribution in [-0.4, -0.2) is 45.0 Å². The van der Waals surface area contributed by atoms with Gasteiger partial charge in [-0.3, -0.25) is 0 Å². The molecule has 4 heterocycles. The van der Waals surface area contributed by atoms with E-state index in [1.54, 1.807) is 0 Å². The maximum Gasteiger partial charge on any atom is 0.403 e. The van der Waals surface area contributed by atoms with Crippen molar-refractivity contribution >= 4 is 21.0 Å². The van der Waals surface area contributed by atoms with Gasteiger partial charge in [-0.15, -0.1) is 0 Å². The summed E-state index contributed by atoms with van der Waals surface area (Å²) in [5.41, 5.74) is -3.22. The van der Waals surface area contributed by atoms with Gasteiger partial charge in [0, 0.05) is 25.7 Å². The van der Waals surface area contributed by atoms with Crippen LogP contribution in [0.3, 0.4) is 0 Å². The maximum absolute atomic E-state index is 13.8. The van der Waals surface area contributed by atoms with Gasteiger partial charge in [0.25, 0.3) is 11.6 Å². The minimum atomic E-state index is -4.62. The predicted octanol–water partition coefficient (Wildman–Crippen LogP) is 3.82. The summed E-state index contributed by atoms with van der Waals surface area (Å²) in [4.78, 5) is 11.5. The molecule has 1 aliphatic carbocycles. The molecule has 4 aromatic heterocycles. The number of imidazole rings is 1. The van der Waals surface area contributed by atoms with E-state index in [4.69, 9.17) is 4.52 Å². The molecule has 5 rings (SSSR count). The fourth-order valence-electron chi connectivity index (χ4n) is 4.08. The minimum Gasteiger partial charge on any atom is -0.618 e. The van der Waals surface area contributed by atoms with Crippen molar-refractivity contribution in [2.75, 3.05) is 5.75 Å². The number of nitrogens with zero attached hydrogens (tertiary/aromatic N) is 6. The zero-order chi connectivity index (χ0) is 27.8. The highest BCUT2D eigenvalue weighted by Crippen LogP contribution is 2.58. The molecule has 0 unspecified atom stereocenters. The Morgan fingerprint density at radius 2 is 1.87 bits per heavy atom. The van der Waals surface area contributed by atoms with Crippen LogP contribution in [0.4, 0.5) is 22.0 Å². The highest BCUT2D eigenvalue weighted by Gasteiger charge is 2.68. The molecule has 16 heteroatoms. The second-order valence-electron chi connectivity index (χ2n) is 9.12. The van der Waals surface area contributed by atoms with Crippen molar-refractivity contribution < 1.29 is 39.6 Å². The molecule has 0 radical (unpaired) electrons. The average Bonchev–Trinajstić information content (AvgIpc) is 3.40. The van der Waals surface area contributed by atoms with Crippen molar-refractivity contribution in [3.8, 4) is 22.9 Å². The van der Waals surface area contributed by atoms with Crippen LogP contribution >= 0.6 is 0 Å². The standard InChI is InChI=1S/C22H19F5N6O4S/c1-4-38(35,36)14-7-11(16-30-19(37-31-16)21(5-6-21)22(25,26)27)10-33(34)15(14)18-29-13-8-12(20(2,23)24)9-28-17(13)32(18)3/h7-10H,4-6H2,1-3H3. The van der Waals surface area contributed by atoms with Gasteiger partial charge in [-0.05, 0) is 25.0 Å². The van der Waals surface area contributed by atoms with E-state index in [0.29, 0.717) is 6.92 Å². The summed E-state index contributed by atoms with van der Waals surface area (Å²) in [5.74, 6) is -4.91. The molecule has 1 fully saturated rings. The number of sulfone groups is 1. The van der Waals surface area contributed by atoms with Gasteiger partial charge in [-0.1, -0.05) is 12.1 Å². The third kappa shape index (κ3) is 3.97. The third-order valence-electron chi connectivity index (χ3n) is 6.53. The topological polar surface area (TPSA) is 131 Å². The maximum atomic E-state index is 13.8. The molecule has 1 saturated carbocycles. The molecule has 38 heavy (non-hydrogen) atoms. The van der Waals surface area contributed by atoms with Gasteiger partial charge in [-0.2, -0.15) is 22.9 Å². The number of aromatic nitrogens is 6. The Kier molecular flexibility index (Phi) is 5.56. The van der Waals surface area contributed by atoms with E-state index >= 15 is 0 Å². The molecular formula is C22H19F5N6O4S. The Morgan fingerprint density at radius 3 is 2.45 bits per heavy atom. The number of hydrogen-bond donors (Lipinski definition) is 0. The van der Waals surface area contributed by atoms with Crippen molar-refractivity contribution in [2.24, 2.45) is 7.05 Å². The second-order valence-corrected chi connectivity index (χ2v) is 11.4. The van der Waals surface area contributed by atoms with Crippen molar-refractivity contribution in [1.29, 1.82) is 0 Å². The molecule has 0 saturated heterocycles. The van der Waals surface area contributed by atoms with E-state index in [9.17, 15) is 35.6 Å². The number of alkyl halides is 5. The van der Waals surface area contributed by atoms with E-state index < -0.39 is 61.0 Å². The van der Waals surface area contributed by atoms with Gasteiger partial charge < -0.3 is 14.3 Å². The lowest BCUT2D eigenvalue weighted by molar-refractivity contribution is -0.595. The van der Waals surface area contributed by atoms with Crippen LogP contribution in [0.5, 0.6) is 0 Å². The molecule has 0 aliphatic heterocycles. The van der Waals surface area contributed by atoms with Gasteiger partial charge in [0.15, 0.2) is 21.7 Å². The van der Waals surface area contributed by atoms with Crippen LogP contribution in [0.15, 0.2) is 33.9 Å². The molecular weight excluding hydrogens is 539 g/mol. The van der Waals surface area contributed by atoms with Gasteiger partial charge in [-0.25, -0.2) is 27.2 Å². The fraction of sp³-hybridized carbons (Fsp3) is 0.409. The third-order valence-corrected chi connectivity index (χ3v) is 8.27. The number of aryl methyl sites for hydroxylation is 1. The predicted molar refractivity (Wildman–Crippen MR) is 120 cm³/mol. The average molecular weight is 558 g/mol. The van der Waals surface area contributed by atoms with E-state index in [-0.39, 0.29) is 40.1 Å². The molecule has 0 aromatic carbocycles. The Bertz CT molecular complexity index is 1690. The first-order valence-corrected chi connectivity index (χ1v) is 12.9. The van der Waals surface area contributed by atoms with Crippen LogP contribution in [0.2, 0.25) is 0 Å². The van der Waals surface area contributed by atoms with Crippen LogP contribution in [0.1, 0.15) is 38.1 Å². The van der Waals surface area contributed by atoms with Crippen molar-refractivity contribution in [1.82, 2.24) is 24.7 Å². The molecule has 10 nitrogen and oxygen atoms in total. The lowest BCUT2D eigenvalue weighted by atomic mass is 10.1. The van der Waals surface area contributed by atoms with Crippen molar-refractivity contribution in [3.63, 3.8) is 0 Å². The number of hydrogen-bond acceptors (Lipinski definition) is 8. The van der Waals surface area contributed by atoms with Gasteiger partial charge >= 0.3 is 6.18 Å². The molecule has 0 amide bonds. The van der Waals surface area contributed by atoms with E-state index in [0.717, 1.165) is 24.5 Å². The molecule has 1 aliphatic rings. The summed E-state index contributed by atoms with van der Waals surface area (Å²) < 4.78 is 100. The van der Waals surface area contributed by atoms with Gasteiger partial charge in [0.05, 0.1) is 11.3 Å². The zero-order valence-corrected chi connectivity index (χ0v) is 20.9. The fourth-order valence-corrected chi connectivity index (χ4v) is 5.17. The minimum absolute atomic E-state index is 0.00450. The SMILES string of the molecule is CCS(=O)(=O)c1cc(-c2noc(C3(C(F)(F)F)CC3)n2)c[n+]([O-])c1-c1nc2cc(C(C)(F)F)cnc2n1C. The van der Waals surface area contributed by atoms with Crippen molar-refractivity contribution in [2.45, 2.75) is 49.1 Å². The number of rotatable bonds is 6. The van der Waals surface area contributed by atoms with Crippen molar-refractivity contribution in [3.05, 3.63) is 41.2 Å². The van der Waals surface area contributed by atoms with E-state index in [1.165, 1.54) is 18.5 Å². The summed E-state index contributed by atoms with van der Waals surface area (Å²) in [6.45, 7) is 2.01. The Hall–Kier alpha value is -3.69. The first-order valence-electron chi connectivity index (χ1n) is 11.2. The number of fused-ring (bicyclic) bond motifs is 1. The highest BCUT2D eigenvalue weighted by molar-refractivity contribution is 7.91. The molecule has 0 bridgehead atoms. The summed E-state index contributed by atoms with van der Waals surface area (Å²) in [6.07, 6.45) is -3.26. The van der Waals surface area contributed by atoms with Crippen LogP contribution in [0, 0.1) is 5.21 Å². The van der Waals surface area contributed by atoms with Crippen LogP contribution in [-0.2, 0) is 28.2 Å².